The summed E-state index contributed by atoms with van der Waals surface area (Å²) in [5, 5.41) is 0. The van der Waals surface area contributed by atoms with E-state index in [2.05, 4.69) is 9.72 Å². The summed E-state index contributed by atoms with van der Waals surface area (Å²) in [6, 6.07) is 10.7. The number of aryl methyl sites for hydroxylation is 1. The second-order valence-electron chi connectivity index (χ2n) is 4.88. The van der Waals surface area contributed by atoms with Crippen molar-refractivity contribution in [2.75, 3.05) is 7.11 Å². The topological polar surface area (TPSA) is 65.5 Å². The first kappa shape index (κ1) is 14.8. The lowest BCUT2D eigenvalue weighted by molar-refractivity contribution is 0.0600. The van der Waals surface area contributed by atoms with E-state index < -0.39 is 0 Å². The number of aromatic nitrogens is 1. The Morgan fingerprint density at radius 2 is 1.96 bits per heavy atom. The molecule has 5 nitrogen and oxygen atoms in total. The molecule has 116 valence electrons. The van der Waals surface area contributed by atoms with Gasteiger partial charge in [0.15, 0.2) is 5.76 Å². The number of benzene rings is 1. The predicted octanol–water partition coefficient (Wildman–Crippen LogP) is 4.20. The smallest absolute Gasteiger partial charge is 0.337 e. The van der Waals surface area contributed by atoms with Crippen LogP contribution in [0.1, 0.15) is 27.4 Å². The summed E-state index contributed by atoms with van der Waals surface area (Å²) in [5.41, 5.74) is 2.19. The summed E-state index contributed by atoms with van der Waals surface area (Å²) >= 11 is 0. The highest BCUT2D eigenvalue weighted by Gasteiger charge is 2.11. The van der Waals surface area contributed by atoms with E-state index in [1.807, 2.05) is 31.2 Å². The van der Waals surface area contributed by atoms with E-state index in [9.17, 15) is 4.79 Å². The van der Waals surface area contributed by atoms with Crippen molar-refractivity contribution >= 4 is 18.1 Å². The Balaban J connectivity index is 1.79. The molecule has 3 aromatic rings. The SMILES string of the molecule is COC(=O)c1ccc(C=Cc2nc(-c3ccco3)oc2C)cc1. The van der Waals surface area contributed by atoms with Crippen LogP contribution < -0.4 is 0 Å². The minimum Gasteiger partial charge on any atom is -0.465 e. The molecule has 2 heterocycles. The van der Waals surface area contributed by atoms with Gasteiger partial charge in [-0.3, -0.25) is 0 Å². The number of hydrogen-bond acceptors (Lipinski definition) is 5. The van der Waals surface area contributed by atoms with Gasteiger partial charge in [-0.2, -0.15) is 0 Å². The van der Waals surface area contributed by atoms with Crippen LogP contribution in [-0.4, -0.2) is 18.1 Å². The second-order valence-corrected chi connectivity index (χ2v) is 4.88. The number of nitrogens with zero attached hydrogens (tertiary/aromatic N) is 1. The Hall–Kier alpha value is -3.08. The molecule has 0 aliphatic rings. The molecule has 0 saturated heterocycles. The van der Waals surface area contributed by atoms with Gasteiger partial charge in [0.1, 0.15) is 11.5 Å². The van der Waals surface area contributed by atoms with Crippen molar-refractivity contribution in [2.24, 2.45) is 0 Å². The largest absolute Gasteiger partial charge is 0.465 e. The van der Waals surface area contributed by atoms with Crippen LogP contribution in [0.25, 0.3) is 23.8 Å². The first-order valence-corrected chi connectivity index (χ1v) is 7.05. The maximum atomic E-state index is 11.4. The van der Waals surface area contributed by atoms with Gasteiger partial charge in [0.25, 0.3) is 5.89 Å². The van der Waals surface area contributed by atoms with Gasteiger partial charge < -0.3 is 13.6 Å². The van der Waals surface area contributed by atoms with Gasteiger partial charge in [-0.1, -0.05) is 18.2 Å². The Morgan fingerprint density at radius 1 is 1.17 bits per heavy atom. The van der Waals surface area contributed by atoms with Crippen LogP contribution in [0, 0.1) is 6.92 Å². The van der Waals surface area contributed by atoms with Gasteiger partial charge in [-0.25, -0.2) is 9.78 Å². The molecule has 1 aromatic carbocycles. The normalized spacial score (nSPS) is 11.0. The van der Waals surface area contributed by atoms with Gasteiger partial charge in [-0.15, -0.1) is 0 Å². The highest BCUT2D eigenvalue weighted by atomic mass is 16.5. The molecule has 0 aliphatic carbocycles. The van der Waals surface area contributed by atoms with Crippen molar-refractivity contribution in [2.45, 2.75) is 6.92 Å². The number of rotatable bonds is 4. The second kappa shape index (κ2) is 6.36. The number of oxazole rings is 1. The van der Waals surface area contributed by atoms with Crippen molar-refractivity contribution in [3.63, 3.8) is 0 Å². The minimum absolute atomic E-state index is 0.351. The third-order valence-electron chi connectivity index (χ3n) is 3.33. The minimum atomic E-state index is -0.351. The number of methoxy groups -OCH3 is 1. The van der Waals surface area contributed by atoms with Gasteiger partial charge in [0, 0.05) is 0 Å². The van der Waals surface area contributed by atoms with Gasteiger partial charge in [0.2, 0.25) is 0 Å². The van der Waals surface area contributed by atoms with E-state index in [4.69, 9.17) is 8.83 Å². The number of carbonyl (C=O) groups is 1. The van der Waals surface area contributed by atoms with E-state index in [1.54, 1.807) is 30.5 Å². The van der Waals surface area contributed by atoms with Crippen LogP contribution in [0.4, 0.5) is 0 Å². The summed E-state index contributed by atoms with van der Waals surface area (Å²) in [6.45, 7) is 1.85. The van der Waals surface area contributed by atoms with Crippen molar-refractivity contribution in [1.29, 1.82) is 0 Å². The molecule has 0 fully saturated rings. The molecule has 0 radical (unpaired) electrons. The molecule has 0 atom stereocenters. The molecule has 3 rings (SSSR count). The van der Waals surface area contributed by atoms with Crippen LogP contribution in [0.2, 0.25) is 0 Å². The van der Waals surface area contributed by atoms with Crippen LogP contribution in [-0.2, 0) is 4.74 Å². The Morgan fingerprint density at radius 3 is 2.61 bits per heavy atom. The average Bonchev–Trinajstić information content (AvgIpc) is 3.22. The maximum Gasteiger partial charge on any atom is 0.337 e. The third kappa shape index (κ3) is 3.23. The molecule has 0 spiro atoms. The summed E-state index contributed by atoms with van der Waals surface area (Å²) < 4.78 is 15.5. The van der Waals surface area contributed by atoms with Gasteiger partial charge in [-0.05, 0) is 42.8 Å². The first-order chi connectivity index (χ1) is 11.2. The van der Waals surface area contributed by atoms with E-state index in [1.165, 1.54) is 7.11 Å². The summed E-state index contributed by atoms with van der Waals surface area (Å²) in [7, 11) is 1.36. The first-order valence-electron chi connectivity index (χ1n) is 7.05. The van der Waals surface area contributed by atoms with Crippen LogP contribution in [0.5, 0.6) is 0 Å². The Bertz CT molecular complexity index is 827. The number of ether oxygens (including phenoxy) is 1. The molecule has 0 saturated carbocycles. The fourth-order valence-electron chi connectivity index (χ4n) is 2.09. The van der Waals surface area contributed by atoms with E-state index in [-0.39, 0.29) is 5.97 Å². The summed E-state index contributed by atoms with van der Waals surface area (Å²) in [4.78, 5) is 15.8. The fourth-order valence-corrected chi connectivity index (χ4v) is 2.09. The zero-order valence-corrected chi connectivity index (χ0v) is 12.8. The molecule has 0 unspecified atom stereocenters. The van der Waals surface area contributed by atoms with Gasteiger partial charge in [0.05, 0.1) is 18.9 Å². The molecule has 0 aliphatic heterocycles. The van der Waals surface area contributed by atoms with Crippen molar-refractivity contribution in [3.8, 4) is 11.7 Å². The van der Waals surface area contributed by atoms with Crippen LogP contribution in [0.3, 0.4) is 0 Å². The fraction of sp³-hybridized carbons (Fsp3) is 0.111. The average molecular weight is 309 g/mol. The molecule has 2 aromatic heterocycles. The van der Waals surface area contributed by atoms with Crippen molar-refractivity contribution < 1.29 is 18.4 Å². The lowest BCUT2D eigenvalue weighted by Crippen LogP contribution is -2.00. The van der Waals surface area contributed by atoms with Crippen LogP contribution >= 0.6 is 0 Å². The number of esters is 1. The highest BCUT2D eigenvalue weighted by molar-refractivity contribution is 5.89. The number of carbonyl (C=O) groups excluding carboxylic acids is 1. The molecule has 0 bridgehead atoms. The number of hydrogen-bond donors (Lipinski definition) is 0. The maximum absolute atomic E-state index is 11.4. The molecule has 0 N–H and O–H groups in total. The van der Waals surface area contributed by atoms with Crippen molar-refractivity contribution in [3.05, 3.63) is 65.2 Å². The number of furan rings is 1. The predicted molar refractivity (Wildman–Crippen MR) is 85.7 cm³/mol. The molecule has 5 heteroatoms. The third-order valence-corrected chi connectivity index (χ3v) is 3.33. The van der Waals surface area contributed by atoms with E-state index in [0.29, 0.717) is 23.0 Å². The summed E-state index contributed by atoms with van der Waals surface area (Å²) in [6.07, 6.45) is 5.34. The molecular formula is C18H15NO4. The molecule has 23 heavy (non-hydrogen) atoms. The van der Waals surface area contributed by atoms with E-state index >= 15 is 0 Å². The lowest BCUT2D eigenvalue weighted by atomic mass is 10.1. The molecule has 0 amide bonds. The zero-order valence-electron chi connectivity index (χ0n) is 12.8. The highest BCUT2D eigenvalue weighted by Crippen LogP contribution is 2.23. The van der Waals surface area contributed by atoms with Crippen LogP contribution in [0.15, 0.2) is 51.5 Å². The lowest BCUT2D eigenvalue weighted by Gasteiger charge is -1.99. The van der Waals surface area contributed by atoms with E-state index in [0.717, 1.165) is 11.3 Å². The molecular weight excluding hydrogens is 294 g/mol. The monoisotopic (exact) mass is 309 g/mol. The standard InChI is InChI=1S/C18H15NO4/c1-12-15(19-17(23-12)16-4-3-11-22-16)10-7-13-5-8-14(9-6-13)18(20)21-2/h3-11H,1-2H3. The zero-order chi connectivity index (χ0) is 16.2. The Kier molecular flexibility index (Phi) is 4.10. The van der Waals surface area contributed by atoms with Crippen molar-refractivity contribution in [1.82, 2.24) is 4.98 Å². The Labute approximate surface area is 133 Å². The quantitative estimate of drug-likeness (QED) is 0.676. The summed E-state index contributed by atoms with van der Waals surface area (Å²) in [5.74, 6) is 1.40. The van der Waals surface area contributed by atoms with Gasteiger partial charge >= 0.3 is 5.97 Å².